The number of allylic oxidation sites excluding steroid dienone is 2. The highest BCUT2D eigenvalue weighted by Crippen LogP contribution is 2.13. The van der Waals surface area contributed by atoms with Crippen LogP contribution in [0, 0.1) is 0 Å². The first-order valence-electron chi connectivity index (χ1n) is 11.5. The Morgan fingerprint density at radius 2 is 1.42 bits per heavy atom. The van der Waals surface area contributed by atoms with Crippen molar-refractivity contribution in [2.24, 2.45) is 10.7 Å². The van der Waals surface area contributed by atoms with Crippen LogP contribution in [-0.4, -0.2) is 30.0 Å². The lowest BCUT2D eigenvalue weighted by atomic mass is 10.1. The average Bonchev–Trinajstić information content (AvgIpc) is 3.10. The van der Waals surface area contributed by atoms with E-state index in [-0.39, 0.29) is 6.17 Å². The Kier molecular flexibility index (Phi) is 14.6. The Balaban J connectivity index is 1.82. The first-order valence-corrected chi connectivity index (χ1v) is 11.5. The van der Waals surface area contributed by atoms with E-state index in [1.54, 1.807) is 0 Å². The lowest BCUT2D eigenvalue weighted by molar-refractivity contribution is 0.359. The topological polar surface area (TPSA) is 41.6 Å². The fourth-order valence-electron chi connectivity index (χ4n) is 3.71. The summed E-state index contributed by atoms with van der Waals surface area (Å²) in [6, 6.07) is 0. The standard InChI is InChI=1S/C23H45N3/c1-3-4-5-6-7-8-9-10-11-12-13-14-15-16-17-18-19-23-25-20-21-26(23)22(2)24/h15-16,22H,3-14,17-21,24H2,1-2H3/b16-15+. The van der Waals surface area contributed by atoms with Crippen molar-refractivity contribution in [1.29, 1.82) is 0 Å². The van der Waals surface area contributed by atoms with E-state index >= 15 is 0 Å². The monoisotopic (exact) mass is 363 g/mol. The molecule has 0 aromatic carbocycles. The van der Waals surface area contributed by atoms with Gasteiger partial charge in [0, 0.05) is 13.0 Å². The van der Waals surface area contributed by atoms with Crippen molar-refractivity contribution >= 4 is 5.84 Å². The summed E-state index contributed by atoms with van der Waals surface area (Å²) in [5.74, 6) is 1.22. The summed E-state index contributed by atoms with van der Waals surface area (Å²) in [6.07, 6.45) is 25.2. The Labute approximate surface area is 163 Å². The minimum atomic E-state index is 0.104. The molecule has 1 aliphatic heterocycles. The molecular weight excluding hydrogens is 318 g/mol. The number of rotatable bonds is 17. The predicted octanol–water partition coefficient (Wildman–Crippen LogP) is 6.43. The van der Waals surface area contributed by atoms with Gasteiger partial charge in [-0.3, -0.25) is 4.99 Å². The molecular formula is C23H45N3. The second-order valence-electron chi connectivity index (χ2n) is 7.92. The molecule has 0 aromatic heterocycles. The van der Waals surface area contributed by atoms with Crippen molar-refractivity contribution in [2.75, 3.05) is 13.1 Å². The van der Waals surface area contributed by atoms with Crippen molar-refractivity contribution in [2.45, 2.75) is 116 Å². The van der Waals surface area contributed by atoms with Gasteiger partial charge in [-0.05, 0) is 32.6 Å². The van der Waals surface area contributed by atoms with Crippen LogP contribution in [0.5, 0.6) is 0 Å². The van der Waals surface area contributed by atoms with Crippen LogP contribution in [0.4, 0.5) is 0 Å². The molecule has 0 aliphatic carbocycles. The quantitative estimate of drug-likeness (QED) is 0.239. The maximum absolute atomic E-state index is 5.98. The molecule has 0 aromatic rings. The summed E-state index contributed by atoms with van der Waals surface area (Å²) in [4.78, 5) is 6.83. The molecule has 0 saturated carbocycles. The Bertz CT molecular complexity index is 374. The van der Waals surface area contributed by atoms with Gasteiger partial charge >= 0.3 is 0 Å². The third-order valence-corrected chi connectivity index (χ3v) is 5.37. The van der Waals surface area contributed by atoms with E-state index in [9.17, 15) is 0 Å². The number of aliphatic imine (C=N–C) groups is 1. The molecule has 152 valence electrons. The first-order chi connectivity index (χ1) is 12.8. The fourth-order valence-corrected chi connectivity index (χ4v) is 3.71. The summed E-state index contributed by atoms with van der Waals surface area (Å²) in [5.41, 5.74) is 5.98. The van der Waals surface area contributed by atoms with Crippen molar-refractivity contribution in [3.8, 4) is 0 Å². The van der Waals surface area contributed by atoms with Crippen LogP contribution >= 0.6 is 0 Å². The summed E-state index contributed by atoms with van der Waals surface area (Å²) in [7, 11) is 0. The van der Waals surface area contributed by atoms with Crippen LogP contribution in [-0.2, 0) is 0 Å². The van der Waals surface area contributed by atoms with Gasteiger partial charge in [0.1, 0.15) is 5.84 Å². The molecule has 0 fully saturated rings. The van der Waals surface area contributed by atoms with Gasteiger partial charge in [0.05, 0.1) is 12.7 Å². The minimum Gasteiger partial charge on any atom is -0.343 e. The Morgan fingerprint density at radius 1 is 0.885 bits per heavy atom. The van der Waals surface area contributed by atoms with Gasteiger partial charge in [-0.2, -0.15) is 0 Å². The molecule has 26 heavy (non-hydrogen) atoms. The molecule has 0 spiro atoms. The van der Waals surface area contributed by atoms with Crippen LogP contribution in [0.1, 0.15) is 110 Å². The molecule has 3 nitrogen and oxygen atoms in total. The van der Waals surface area contributed by atoms with E-state index in [2.05, 4.69) is 29.0 Å². The maximum Gasteiger partial charge on any atom is 0.100 e. The second kappa shape index (κ2) is 16.4. The lowest BCUT2D eigenvalue weighted by Crippen LogP contribution is -2.41. The van der Waals surface area contributed by atoms with E-state index < -0.39 is 0 Å². The van der Waals surface area contributed by atoms with Crippen LogP contribution in [0.15, 0.2) is 17.1 Å². The third kappa shape index (κ3) is 11.7. The summed E-state index contributed by atoms with van der Waals surface area (Å²) in [6.45, 7) is 6.26. The SMILES string of the molecule is CCCCCCCCCCCCC/C=C/CCCC1=NCCN1C(C)N. The smallest absolute Gasteiger partial charge is 0.100 e. The van der Waals surface area contributed by atoms with Crippen LogP contribution in [0.3, 0.4) is 0 Å². The number of hydrogen-bond acceptors (Lipinski definition) is 3. The van der Waals surface area contributed by atoms with E-state index in [0.717, 1.165) is 19.5 Å². The number of nitrogens with two attached hydrogens (primary N) is 1. The molecule has 0 bridgehead atoms. The molecule has 0 saturated heterocycles. The van der Waals surface area contributed by atoms with Gasteiger partial charge in [0.2, 0.25) is 0 Å². The second-order valence-corrected chi connectivity index (χ2v) is 7.92. The summed E-state index contributed by atoms with van der Waals surface area (Å²) in [5, 5.41) is 0. The zero-order valence-corrected chi connectivity index (χ0v) is 17.7. The molecule has 3 heteroatoms. The Hall–Kier alpha value is -0.830. The van der Waals surface area contributed by atoms with Crippen molar-refractivity contribution in [3.05, 3.63) is 12.2 Å². The zero-order chi connectivity index (χ0) is 18.9. The molecule has 0 amide bonds. The molecule has 1 unspecified atom stereocenters. The number of nitrogens with zero attached hydrogens (tertiary/aromatic N) is 2. The fraction of sp³-hybridized carbons (Fsp3) is 0.870. The third-order valence-electron chi connectivity index (χ3n) is 5.37. The van der Waals surface area contributed by atoms with E-state index in [1.165, 1.54) is 95.7 Å². The minimum absolute atomic E-state index is 0.104. The highest BCUT2D eigenvalue weighted by molar-refractivity contribution is 5.83. The van der Waals surface area contributed by atoms with Crippen molar-refractivity contribution < 1.29 is 0 Å². The summed E-state index contributed by atoms with van der Waals surface area (Å²) < 4.78 is 0. The highest BCUT2D eigenvalue weighted by atomic mass is 15.3. The van der Waals surface area contributed by atoms with Crippen LogP contribution < -0.4 is 5.73 Å². The largest absolute Gasteiger partial charge is 0.343 e. The lowest BCUT2D eigenvalue weighted by Gasteiger charge is -2.24. The van der Waals surface area contributed by atoms with Gasteiger partial charge in [-0.1, -0.05) is 83.3 Å². The molecule has 1 aliphatic rings. The van der Waals surface area contributed by atoms with Gasteiger partial charge in [-0.25, -0.2) is 0 Å². The van der Waals surface area contributed by atoms with Gasteiger partial charge in [-0.15, -0.1) is 0 Å². The maximum atomic E-state index is 5.98. The molecule has 1 atom stereocenters. The van der Waals surface area contributed by atoms with Gasteiger partial charge in [0.25, 0.3) is 0 Å². The van der Waals surface area contributed by atoms with E-state index in [0.29, 0.717) is 0 Å². The molecule has 1 rings (SSSR count). The average molecular weight is 364 g/mol. The zero-order valence-electron chi connectivity index (χ0n) is 17.7. The van der Waals surface area contributed by atoms with Crippen molar-refractivity contribution in [3.63, 3.8) is 0 Å². The van der Waals surface area contributed by atoms with E-state index in [1.807, 2.05) is 6.92 Å². The van der Waals surface area contributed by atoms with E-state index in [4.69, 9.17) is 5.73 Å². The normalized spacial score (nSPS) is 15.8. The molecule has 0 radical (unpaired) electrons. The molecule has 1 heterocycles. The summed E-state index contributed by atoms with van der Waals surface area (Å²) >= 11 is 0. The number of unbranched alkanes of at least 4 members (excludes halogenated alkanes) is 12. The molecule has 2 N–H and O–H groups in total. The van der Waals surface area contributed by atoms with Gasteiger partial charge < -0.3 is 10.6 Å². The van der Waals surface area contributed by atoms with Crippen LogP contribution in [0.2, 0.25) is 0 Å². The Morgan fingerprint density at radius 3 is 2.00 bits per heavy atom. The van der Waals surface area contributed by atoms with Crippen molar-refractivity contribution in [1.82, 2.24) is 4.90 Å². The predicted molar refractivity (Wildman–Crippen MR) is 117 cm³/mol. The van der Waals surface area contributed by atoms with Crippen LogP contribution in [0.25, 0.3) is 0 Å². The number of amidine groups is 1. The first kappa shape index (κ1) is 23.2. The highest BCUT2D eigenvalue weighted by Gasteiger charge is 2.18. The number of hydrogen-bond donors (Lipinski definition) is 1. The van der Waals surface area contributed by atoms with Gasteiger partial charge in [0.15, 0.2) is 0 Å².